The average molecular weight is 941 g/mol. The third kappa shape index (κ3) is 10.5. The molecule has 72 heavy (non-hydrogen) atoms. The molecule has 0 radical (unpaired) electrons. The fourth-order valence-corrected chi connectivity index (χ4v) is 8.70. The van der Waals surface area contributed by atoms with Crippen molar-refractivity contribution in [3.05, 3.63) is 277 Å². The molecular weight excluding hydrogens is 889 g/mol. The van der Waals surface area contributed by atoms with E-state index in [0.29, 0.717) is 22.9 Å². The minimum absolute atomic E-state index is 0.704. The summed E-state index contributed by atoms with van der Waals surface area (Å²) in [6, 6.07) is 85.5. The number of ether oxygens (including phenoxy) is 4. The molecule has 10 aromatic carbocycles. The molecule has 8 heteroatoms. The molecule has 10 aromatic rings. The van der Waals surface area contributed by atoms with Gasteiger partial charge in [0.2, 0.25) is 0 Å². The molecule has 0 spiro atoms. The second kappa shape index (κ2) is 21.3. The number of benzene rings is 10. The SMILES string of the molecule is COc1ccc(N(c2ccc(N)cc2)c2ccc(Oc3ccc(C(=C(c4ccccc4)c4ccc(Oc5ccc(N(c6ccc(N)cc6)c6ccc(OC)cc6)cc5)cc4)c4ccccc4)cc3)cc2)cc1. The van der Waals surface area contributed by atoms with Crippen LogP contribution in [0, 0.1) is 0 Å². The molecule has 10 rings (SSSR count). The summed E-state index contributed by atoms with van der Waals surface area (Å²) in [5.41, 5.74) is 25.8. The van der Waals surface area contributed by atoms with E-state index in [2.05, 4.69) is 107 Å². The number of nitrogen functional groups attached to an aromatic ring is 2. The van der Waals surface area contributed by atoms with Crippen molar-refractivity contribution >= 4 is 56.6 Å². The highest BCUT2D eigenvalue weighted by molar-refractivity contribution is 6.04. The van der Waals surface area contributed by atoms with E-state index in [-0.39, 0.29) is 0 Å². The van der Waals surface area contributed by atoms with Crippen LogP contribution in [0.3, 0.4) is 0 Å². The molecule has 0 heterocycles. The Morgan fingerprint density at radius 2 is 0.486 bits per heavy atom. The molecule has 0 saturated heterocycles. The minimum atomic E-state index is 0.704. The second-order valence-electron chi connectivity index (χ2n) is 17.0. The lowest BCUT2D eigenvalue weighted by Crippen LogP contribution is -2.09. The highest BCUT2D eigenvalue weighted by Gasteiger charge is 2.19. The van der Waals surface area contributed by atoms with Crippen LogP contribution in [-0.2, 0) is 0 Å². The predicted molar refractivity (Wildman–Crippen MR) is 295 cm³/mol. The molecule has 0 aliphatic rings. The fraction of sp³-hybridized carbons (Fsp3) is 0.0312. The number of hydrogen-bond donors (Lipinski definition) is 2. The quantitative estimate of drug-likeness (QED) is 0.0731. The van der Waals surface area contributed by atoms with E-state index in [1.54, 1.807) is 14.2 Å². The van der Waals surface area contributed by atoms with E-state index in [9.17, 15) is 0 Å². The standard InChI is InChI=1S/C64H52N4O4/c1-69-57-37-25-53(26-38-57)67(51-21-17-49(65)18-22-51)55-29-41-61(42-30-55)71-59-33-13-47(14-34-59)63(45-9-5-3-6-10-45)64(46-11-7-4-8-12-46)48-15-35-60(36-16-48)72-62-43-31-56(32-44-62)68(52-23-19-50(66)20-24-52)54-27-39-58(70-2)40-28-54/h3-44H,65-66H2,1-2H3. The average Bonchev–Trinajstić information content (AvgIpc) is 3.44. The van der Waals surface area contributed by atoms with Gasteiger partial charge in [-0.2, -0.15) is 0 Å². The fourth-order valence-electron chi connectivity index (χ4n) is 8.70. The van der Waals surface area contributed by atoms with Gasteiger partial charge >= 0.3 is 0 Å². The second-order valence-corrected chi connectivity index (χ2v) is 17.0. The van der Waals surface area contributed by atoms with Crippen molar-refractivity contribution in [1.29, 1.82) is 0 Å². The lowest BCUT2D eigenvalue weighted by Gasteiger charge is -2.26. The molecular formula is C64H52N4O4. The van der Waals surface area contributed by atoms with Gasteiger partial charge in [0.15, 0.2) is 0 Å². The molecule has 0 saturated carbocycles. The number of anilines is 8. The summed E-state index contributed by atoms with van der Waals surface area (Å²) in [6.07, 6.45) is 0. The van der Waals surface area contributed by atoms with Crippen molar-refractivity contribution < 1.29 is 18.9 Å². The van der Waals surface area contributed by atoms with Crippen molar-refractivity contribution in [3.63, 3.8) is 0 Å². The topological polar surface area (TPSA) is 95.4 Å². The van der Waals surface area contributed by atoms with E-state index in [1.165, 1.54) is 0 Å². The molecule has 0 amide bonds. The third-order valence-electron chi connectivity index (χ3n) is 12.3. The first kappa shape index (κ1) is 46.1. The van der Waals surface area contributed by atoms with Crippen LogP contribution in [0.1, 0.15) is 22.3 Å². The smallest absolute Gasteiger partial charge is 0.127 e. The largest absolute Gasteiger partial charge is 0.497 e. The van der Waals surface area contributed by atoms with Crippen molar-refractivity contribution in [2.45, 2.75) is 0 Å². The van der Waals surface area contributed by atoms with Gasteiger partial charge in [-0.3, -0.25) is 0 Å². The number of hydrogen-bond acceptors (Lipinski definition) is 8. The van der Waals surface area contributed by atoms with Crippen molar-refractivity contribution in [2.75, 3.05) is 35.5 Å². The van der Waals surface area contributed by atoms with Crippen molar-refractivity contribution in [2.24, 2.45) is 0 Å². The molecule has 0 bridgehead atoms. The Kier molecular flexibility index (Phi) is 13.6. The van der Waals surface area contributed by atoms with Gasteiger partial charge in [0.25, 0.3) is 0 Å². The van der Waals surface area contributed by atoms with Crippen LogP contribution < -0.4 is 40.2 Å². The maximum Gasteiger partial charge on any atom is 0.127 e. The number of rotatable bonds is 16. The molecule has 4 N–H and O–H groups in total. The summed E-state index contributed by atoms with van der Waals surface area (Å²) in [5, 5.41) is 0. The number of nitrogens with two attached hydrogens (primary N) is 2. The Hall–Kier alpha value is -9.66. The van der Waals surface area contributed by atoms with E-state index < -0.39 is 0 Å². The van der Waals surface area contributed by atoms with E-state index in [0.717, 1.165) is 90.5 Å². The first-order valence-corrected chi connectivity index (χ1v) is 23.6. The molecule has 0 aromatic heterocycles. The van der Waals surface area contributed by atoms with Gasteiger partial charge in [-0.05, 0) is 203 Å². The summed E-state index contributed by atoms with van der Waals surface area (Å²) < 4.78 is 23.8. The van der Waals surface area contributed by atoms with Gasteiger partial charge < -0.3 is 40.2 Å². The zero-order valence-corrected chi connectivity index (χ0v) is 39.9. The molecule has 8 nitrogen and oxygen atoms in total. The van der Waals surface area contributed by atoms with Crippen LogP contribution in [0.2, 0.25) is 0 Å². The minimum Gasteiger partial charge on any atom is -0.497 e. The zero-order valence-electron chi connectivity index (χ0n) is 39.9. The van der Waals surface area contributed by atoms with Crippen molar-refractivity contribution in [3.8, 4) is 34.5 Å². The van der Waals surface area contributed by atoms with Gasteiger partial charge in [0.05, 0.1) is 14.2 Å². The maximum absolute atomic E-state index is 6.48. The molecule has 0 atom stereocenters. The van der Waals surface area contributed by atoms with Crippen LogP contribution in [0.25, 0.3) is 11.1 Å². The van der Waals surface area contributed by atoms with Crippen LogP contribution in [0.5, 0.6) is 34.5 Å². The van der Waals surface area contributed by atoms with Crippen LogP contribution in [-0.4, -0.2) is 14.2 Å². The predicted octanol–water partition coefficient (Wildman–Crippen LogP) is 16.4. The van der Waals surface area contributed by atoms with E-state index >= 15 is 0 Å². The highest BCUT2D eigenvalue weighted by Crippen LogP contribution is 2.41. The highest BCUT2D eigenvalue weighted by atomic mass is 16.5. The summed E-state index contributed by atoms with van der Waals surface area (Å²) in [5.74, 6) is 4.46. The van der Waals surface area contributed by atoms with Crippen LogP contribution >= 0.6 is 0 Å². The first-order chi connectivity index (χ1) is 35.4. The van der Waals surface area contributed by atoms with Gasteiger partial charge in [0.1, 0.15) is 34.5 Å². The molecule has 0 fully saturated rings. The maximum atomic E-state index is 6.48. The number of nitrogens with zero attached hydrogens (tertiary/aromatic N) is 2. The van der Waals surface area contributed by atoms with Crippen molar-refractivity contribution in [1.82, 2.24) is 0 Å². The van der Waals surface area contributed by atoms with E-state index in [4.69, 9.17) is 30.4 Å². The lowest BCUT2D eigenvalue weighted by molar-refractivity contribution is 0.414. The van der Waals surface area contributed by atoms with Gasteiger partial charge in [-0.25, -0.2) is 0 Å². The third-order valence-corrected chi connectivity index (χ3v) is 12.3. The molecule has 0 aliphatic heterocycles. The Morgan fingerprint density at radius 1 is 0.264 bits per heavy atom. The first-order valence-electron chi connectivity index (χ1n) is 23.6. The molecule has 352 valence electrons. The van der Waals surface area contributed by atoms with Crippen LogP contribution in [0.15, 0.2) is 255 Å². The monoisotopic (exact) mass is 940 g/mol. The Morgan fingerprint density at radius 3 is 0.750 bits per heavy atom. The van der Waals surface area contributed by atoms with Gasteiger partial charge in [-0.1, -0.05) is 84.9 Å². The Bertz CT molecular complexity index is 3140. The Labute approximate surface area is 420 Å². The summed E-state index contributed by atoms with van der Waals surface area (Å²) in [6.45, 7) is 0. The van der Waals surface area contributed by atoms with E-state index in [1.807, 2.05) is 158 Å². The van der Waals surface area contributed by atoms with Gasteiger partial charge in [-0.15, -0.1) is 0 Å². The zero-order chi connectivity index (χ0) is 49.2. The molecule has 0 unspecified atom stereocenters. The normalized spacial score (nSPS) is 11.2. The van der Waals surface area contributed by atoms with Gasteiger partial charge in [0, 0.05) is 45.5 Å². The summed E-state index contributed by atoms with van der Waals surface area (Å²) in [7, 11) is 3.34. The summed E-state index contributed by atoms with van der Waals surface area (Å²) >= 11 is 0. The molecule has 0 aliphatic carbocycles. The number of methoxy groups -OCH3 is 2. The summed E-state index contributed by atoms with van der Waals surface area (Å²) in [4.78, 5) is 4.34. The Balaban J connectivity index is 0.920. The lowest BCUT2D eigenvalue weighted by atomic mass is 9.86. The van der Waals surface area contributed by atoms with Crippen LogP contribution in [0.4, 0.5) is 45.5 Å².